The number of rotatable bonds is 5. The van der Waals surface area contributed by atoms with Crippen LogP contribution in [-0.2, 0) is 0 Å². The highest BCUT2D eigenvalue weighted by atomic mass is 16.5. The summed E-state index contributed by atoms with van der Waals surface area (Å²) in [4.78, 5) is 22.7. The fourth-order valence-electron chi connectivity index (χ4n) is 2.79. The van der Waals surface area contributed by atoms with Gasteiger partial charge < -0.3 is 14.4 Å². The van der Waals surface area contributed by atoms with Gasteiger partial charge in [-0.15, -0.1) is 0 Å². The van der Waals surface area contributed by atoms with E-state index in [0.29, 0.717) is 36.9 Å². The summed E-state index contributed by atoms with van der Waals surface area (Å²) in [6, 6.07) is 7.39. The van der Waals surface area contributed by atoms with Gasteiger partial charge >= 0.3 is 0 Å². The van der Waals surface area contributed by atoms with Crippen molar-refractivity contribution in [2.45, 2.75) is 25.9 Å². The molecule has 126 valence electrons. The van der Waals surface area contributed by atoms with Gasteiger partial charge in [-0.2, -0.15) is 0 Å². The van der Waals surface area contributed by atoms with Crippen LogP contribution in [0, 0.1) is 0 Å². The van der Waals surface area contributed by atoms with Crippen LogP contribution in [0.15, 0.2) is 42.9 Å². The van der Waals surface area contributed by atoms with E-state index in [9.17, 15) is 4.79 Å². The number of hydrogen-bond acceptors (Lipinski definition) is 5. The van der Waals surface area contributed by atoms with Crippen molar-refractivity contribution in [3.8, 4) is 11.6 Å². The molecule has 2 heterocycles. The van der Waals surface area contributed by atoms with E-state index in [2.05, 4.69) is 9.97 Å². The van der Waals surface area contributed by atoms with Crippen LogP contribution in [0.25, 0.3) is 0 Å². The smallest absolute Gasteiger partial charge is 0.257 e. The van der Waals surface area contributed by atoms with E-state index in [1.54, 1.807) is 18.6 Å². The molecule has 1 fully saturated rings. The lowest BCUT2D eigenvalue weighted by Crippen LogP contribution is -2.42. The maximum atomic E-state index is 12.7. The summed E-state index contributed by atoms with van der Waals surface area (Å²) in [5.41, 5.74) is 0.618. The average molecular weight is 327 g/mol. The topological polar surface area (TPSA) is 64.5 Å². The lowest BCUT2D eigenvalue weighted by Gasteiger charge is -2.32. The third-order valence-corrected chi connectivity index (χ3v) is 3.97. The molecular weight excluding hydrogens is 306 g/mol. The molecule has 1 amide bonds. The Labute approximate surface area is 141 Å². The number of likely N-dealkylation sites (tertiary alicyclic amines) is 1. The Bertz CT molecular complexity index is 670. The Balaban J connectivity index is 1.59. The lowest BCUT2D eigenvalue weighted by atomic mass is 10.1. The first-order chi connectivity index (χ1) is 11.8. The number of hydrogen-bond donors (Lipinski definition) is 0. The molecule has 1 aromatic carbocycles. The maximum absolute atomic E-state index is 12.7. The molecule has 0 spiro atoms. The minimum atomic E-state index is 0.0111. The van der Waals surface area contributed by atoms with Gasteiger partial charge in [0.1, 0.15) is 11.9 Å². The van der Waals surface area contributed by atoms with Crippen molar-refractivity contribution < 1.29 is 14.3 Å². The first-order valence-electron chi connectivity index (χ1n) is 8.21. The van der Waals surface area contributed by atoms with Gasteiger partial charge in [0.25, 0.3) is 5.91 Å². The fraction of sp³-hybridized carbons (Fsp3) is 0.389. The van der Waals surface area contributed by atoms with Crippen LogP contribution in [0.5, 0.6) is 11.6 Å². The standard InChI is InChI=1S/C18H21N3O3/c1-2-23-16-6-4-3-5-15(16)18(22)21-11-7-14(8-12-21)24-17-13-19-9-10-20-17/h3-6,9-10,13-14H,2,7-8,11-12H2,1H3. The number of piperidine rings is 1. The number of carbonyl (C=O) groups excluding carboxylic acids is 1. The molecule has 3 rings (SSSR count). The molecule has 0 radical (unpaired) electrons. The monoisotopic (exact) mass is 327 g/mol. The van der Waals surface area contributed by atoms with Gasteiger partial charge in [0, 0.05) is 38.3 Å². The minimum Gasteiger partial charge on any atom is -0.493 e. The first kappa shape index (κ1) is 16.2. The molecule has 0 unspecified atom stereocenters. The molecule has 0 atom stereocenters. The van der Waals surface area contributed by atoms with Crippen LogP contribution < -0.4 is 9.47 Å². The Kier molecular flexibility index (Phi) is 5.25. The van der Waals surface area contributed by atoms with E-state index in [1.807, 2.05) is 36.1 Å². The zero-order valence-corrected chi connectivity index (χ0v) is 13.7. The molecule has 24 heavy (non-hydrogen) atoms. The van der Waals surface area contributed by atoms with Crippen LogP contribution in [0.4, 0.5) is 0 Å². The summed E-state index contributed by atoms with van der Waals surface area (Å²) in [7, 11) is 0. The second-order valence-corrected chi connectivity index (χ2v) is 5.58. The van der Waals surface area contributed by atoms with Gasteiger partial charge in [-0.25, -0.2) is 4.98 Å². The Morgan fingerprint density at radius 3 is 2.75 bits per heavy atom. The molecule has 0 N–H and O–H groups in total. The van der Waals surface area contributed by atoms with Crippen LogP contribution in [0.2, 0.25) is 0 Å². The van der Waals surface area contributed by atoms with Crippen LogP contribution in [0.1, 0.15) is 30.1 Å². The van der Waals surface area contributed by atoms with E-state index in [0.717, 1.165) is 12.8 Å². The van der Waals surface area contributed by atoms with Crippen molar-refractivity contribution >= 4 is 5.91 Å². The summed E-state index contributed by atoms with van der Waals surface area (Å²) >= 11 is 0. The van der Waals surface area contributed by atoms with Gasteiger partial charge in [-0.3, -0.25) is 9.78 Å². The van der Waals surface area contributed by atoms with E-state index in [-0.39, 0.29) is 12.0 Å². The van der Waals surface area contributed by atoms with Gasteiger partial charge in [-0.1, -0.05) is 12.1 Å². The van der Waals surface area contributed by atoms with E-state index < -0.39 is 0 Å². The Morgan fingerprint density at radius 1 is 1.25 bits per heavy atom. The van der Waals surface area contributed by atoms with Gasteiger partial charge in [0.15, 0.2) is 0 Å². The fourth-order valence-corrected chi connectivity index (χ4v) is 2.79. The van der Waals surface area contributed by atoms with Gasteiger partial charge in [0.2, 0.25) is 5.88 Å². The summed E-state index contributed by atoms with van der Waals surface area (Å²) in [5, 5.41) is 0. The minimum absolute atomic E-state index is 0.0111. The largest absolute Gasteiger partial charge is 0.493 e. The summed E-state index contributed by atoms with van der Waals surface area (Å²) in [5.74, 6) is 1.18. The number of nitrogens with zero attached hydrogens (tertiary/aromatic N) is 3. The number of amides is 1. The first-order valence-corrected chi connectivity index (χ1v) is 8.21. The van der Waals surface area contributed by atoms with Crippen LogP contribution in [-0.4, -0.2) is 46.6 Å². The zero-order chi connectivity index (χ0) is 16.8. The van der Waals surface area contributed by atoms with Gasteiger partial charge in [-0.05, 0) is 19.1 Å². The molecule has 2 aromatic rings. The molecule has 6 heteroatoms. The predicted octanol–water partition coefficient (Wildman–Crippen LogP) is 2.56. The molecule has 0 saturated carbocycles. The molecular formula is C18H21N3O3. The number of aromatic nitrogens is 2. The molecule has 1 aliphatic rings. The summed E-state index contributed by atoms with van der Waals surface area (Å²) < 4.78 is 11.4. The van der Waals surface area contributed by atoms with Crippen molar-refractivity contribution in [3.63, 3.8) is 0 Å². The quantitative estimate of drug-likeness (QED) is 0.844. The van der Waals surface area contributed by atoms with Crippen molar-refractivity contribution in [3.05, 3.63) is 48.4 Å². The van der Waals surface area contributed by atoms with Crippen molar-refractivity contribution in [1.82, 2.24) is 14.9 Å². The number of para-hydroxylation sites is 1. The van der Waals surface area contributed by atoms with Crippen molar-refractivity contribution in [2.75, 3.05) is 19.7 Å². The number of carbonyl (C=O) groups is 1. The Hall–Kier alpha value is -2.63. The summed E-state index contributed by atoms with van der Waals surface area (Å²) in [6.07, 6.45) is 6.45. The molecule has 0 aliphatic carbocycles. The molecule has 1 saturated heterocycles. The predicted molar refractivity (Wildman–Crippen MR) is 89.2 cm³/mol. The van der Waals surface area contributed by atoms with E-state index in [1.165, 1.54) is 0 Å². The van der Waals surface area contributed by atoms with Crippen molar-refractivity contribution in [1.29, 1.82) is 0 Å². The highest BCUT2D eigenvalue weighted by Crippen LogP contribution is 2.23. The molecule has 1 aliphatic heterocycles. The number of ether oxygens (including phenoxy) is 2. The van der Waals surface area contributed by atoms with Crippen molar-refractivity contribution in [2.24, 2.45) is 0 Å². The van der Waals surface area contributed by atoms with Gasteiger partial charge in [0.05, 0.1) is 18.4 Å². The lowest BCUT2D eigenvalue weighted by molar-refractivity contribution is 0.0583. The normalized spacial score (nSPS) is 15.1. The van der Waals surface area contributed by atoms with Crippen LogP contribution in [0.3, 0.4) is 0 Å². The molecule has 6 nitrogen and oxygen atoms in total. The zero-order valence-electron chi connectivity index (χ0n) is 13.7. The summed E-state index contributed by atoms with van der Waals surface area (Å²) in [6.45, 7) is 3.77. The number of benzene rings is 1. The van der Waals surface area contributed by atoms with Crippen LogP contribution >= 0.6 is 0 Å². The second-order valence-electron chi connectivity index (χ2n) is 5.58. The maximum Gasteiger partial charge on any atom is 0.257 e. The highest BCUT2D eigenvalue weighted by Gasteiger charge is 2.26. The molecule has 1 aromatic heterocycles. The van der Waals surface area contributed by atoms with E-state index in [4.69, 9.17) is 9.47 Å². The molecule has 0 bridgehead atoms. The third kappa shape index (κ3) is 3.82. The SMILES string of the molecule is CCOc1ccccc1C(=O)N1CCC(Oc2cnccn2)CC1. The van der Waals surface area contributed by atoms with E-state index >= 15 is 0 Å². The Morgan fingerprint density at radius 2 is 2.04 bits per heavy atom. The second kappa shape index (κ2) is 7.77. The highest BCUT2D eigenvalue weighted by molar-refractivity contribution is 5.97. The third-order valence-electron chi connectivity index (χ3n) is 3.97. The average Bonchev–Trinajstić information content (AvgIpc) is 2.63.